The lowest BCUT2D eigenvalue weighted by Gasteiger charge is -2.09. The van der Waals surface area contributed by atoms with Crippen molar-refractivity contribution in [1.82, 2.24) is 15.2 Å². The van der Waals surface area contributed by atoms with E-state index in [-0.39, 0.29) is 11.7 Å². The number of fused-ring (bicyclic) bond motifs is 1. The summed E-state index contributed by atoms with van der Waals surface area (Å²) in [5, 5.41) is 14.1. The van der Waals surface area contributed by atoms with E-state index in [2.05, 4.69) is 28.5 Å². The lowest BCUT2D eigenvalue weighted by Crippen LogP contribution is -2.14. The van der Waals surface area contributed by atoms with Gasteiger partial charge in [0.15, 0.2) is 0 Å². The number of hydrogen-bond acceptors (Lipinski definition) is 7. The van der Waals surface area contributed by atoms with Gasteiger partial charge in [0.25, 0.3) is 0 Å². The molecular weight excluding hydrogens is 368 g/mol. The summed E-state index contributed by atoms with van der Waals surface area (Å²) in [6, 6.07) is 7.92. The summed E-state index contributed by atoms with van der Waals surface area (Å²) in [5.74, 6) is 0.986. The van der Waals surface area contributed by atoms with Crippen molar-refractivity contribution in [2.24, 2.45) is 0 Å². The molecule has 0 aliphatic heterocycles. The van der Waals surface area contributed by atoms with Crippen LogP contribution in [0.15, 0.2) is 29.3 Å². The number of methoxy groups -OCH3 is 1. The average molecular weight is 389 g/mol. The first-order chi connectivity index (χ1) is 12.6. The Morgan fingerprint density at radius 1 is 1.23 bits per heavy atom. The zero-order valence-corrected chi connectivity index (χ0v) is 16.5. The number of aryl methyl sites for hydroxylation is 2. The predicted molar refractivity (Wildman–Crippen MR) is 106 cm³/mol. The van der Waals surface area contributed by atoms with Gasteiger partial charge in [0.1, 0.15) is 15.8 Å². The van der Waals surface area contributed by atoms with Crippen LogP contribution in [0.25, 0.3) is 10.9 Å². The van der Waals surface area contributed by atoms with Gasteiger partial charge in [-0.15, -0.1) is 10.2 Å². The van der Waals surface area contributed by atoms with Crippen LogP contribution in [0.2, 0.25) is 0 Å². The lowest BCUT2D eigenvalue weighted by molar-refractivity contribution is -0.113. The fourth-order valence-electron chi connectivity index (χ4n) is 2.42. The lowest BCUT2D eigenvalue weighted by atomic mass is 10.1. The normalized spacial score (nSPS) is 10.9. The number of nitrogens with one attached hydrogen (secondary N) is 1. The number of nitrogens with zero attached hydrogens (tertiary/aromatic N) is 3. The molecule has 26 heavy (non-hydrogen) atoms. The van der Waals surface area contributed by atoms with Crippen molar-refractivity contribution in [2.45, 2.75) is 31.7 Å². The second-order valence-corrected chi connectivity index (χ2v) is 7.58. The molecule has 8 heteroatoms. The van der Waals surface area contributed by atoms with Gasteiger partial charge < -0.3 is 4.74 Å². The molecule has 3 aromatic rings. The Balaban J connectivity index is 1.71. The van der Waals surface area contributed by atoms with Crippen molar-refractivity contribution in [1.29, 1.82) is 0 Å². The number of carbonyl (C=O) groups excluding carboxylic acids is 1. The van der Waals surface area contributed by atoms with Crippen molar-refractivity contribution in [3.05, 3.63) is 34.8 Å². The minimum atomic E-state index is -0.104. The number of anilines is 1. The van der Waals surface area contributed by atoms with Gasteiger partial charge in [-0.3, -0.25) is 10.1 Å². The molecule has 0 aliphatic carbocycles. The van der Waals surface area contributed by atoms with E-state index in [1.807, 2.05) is 25.1 Å². The number of ether oxygens (including phenoxy) is 1. The highest BCUT2D eigenvalue weighted by atomic mass is 32.2. The Morgan fingerprint density at radius 3 is 2.77 bits per heavy atom. The second-order valence-electron chi connectivity index (χ2n) is 5.56. The fraction of sp³-hybridized carbons (Fsp3) is 0.333. The number of benzene rings is 1. The van der Waals surface area contributed by atoms with Gasteiger partial charge in [0, 0.05) is 5.39 Å². The topological polar surface area (TPSA) is 77.0 Å². The maximum atomic E-state index is 12.2. The SMILES string of the molecule is CCc1nnc(NC(=O)CSc2nc3ccc(OC)cc3cc2CC)s1. The molecule has 1 aromatic carbocycles. The van der Waals surface area contributed by atoms with Crippen LogP contribution in [0.1, 0.15) is 24.4 Å². The number of aromatic nitrogens is 3. The molecule has 2 heterocycles. The maximum absolute atomic E-state index is 12.2. The van der Waals surface area contributed by atoms with Crippen molar-refractivity contribution in [3.63, 3.8) is 0 Å². The van der Waals surface area contributed by atoms with E-state index < -0.39 is 0 Å². The van der Waals surface area contributed by atoms with Crippen molar-refractivity contribution in [2.75, 3.05) is 18.2 Å². The van der Waals surface area contributed by atoms with Gasteiger partial charge in [-0.05, 0) is 42.7 Å². The first kappa shape index (κ1) is 18.6. The molecule has 1 N–H and O–H groups in total. The summed E-state index contributed by atoms with van der Waals surface area (Å²) in [6.45, 7) is 4.09. The first-order valence-electron chi connectivity index (χ1n) is 8.35. The Kier molecular flexibility index (Phi) is 6.05. The summed E-state index contributed by atoms with van der Waals surface area (Å²) in [4.78, 5) is 16.9. The Bertz CT molecular complexity index is 927. The van der Waals surface area contributed by atoms with Crippen LogP contribution in [0.5, 0.6) is 5.75 Å². The minimum absolute atomic E-state index is 0.104. The summed E-state index contributed by atoms with van der Waals surface area (Å²) < 4.78 is 5.28. The average Bonchev–Trinajstić information content (AvgIpc) is 3.12. The molecule has 6 nitrogen and oxygen atoms in total. The third-order valence-electron chi connectivity index (χ3n) is 3.80. The Morgan fingerprint density at radius 2 is 2.08 bits per heavy atom. The highest BCUT2D eigenvalue weighted by Gasteiger charge is 2.12. The molecule has 136 valence electrons. The molecule has 2 aromatic heterocycles. The predicted octanol–water partition coefficient (Wildman–Crippen LogP) is 3.95. The Hall–Kier alpha value is -2.19. The largest absolute Gasteiger partial charge is 0.497 e. The van der Waals surface area contributed by atoms with E-state index in [1.54, 1.807) is 7.11 Å². The van der Waals surface area contributed by atoms with Crippen LogP contribution >= 0.6 is 23.1 Å². The zero-order chi connectivity index (χ0) is 18.5. The molecule has 0 saturated carbocycles. The molecule has 0 saturated heterocycles. The van der Waals surface area contributed by atoms with Gasteiger partial charge in [-0.25, -0.2) is 4.98 Å². The molecule has 0 aliphatic rings. The molecule has 3 rings (SSSR count). The van der Waals surface area contributed by atoms with Gasteiger partial charge >= 0.3 is 0 Å². The quantitative estimate of drug-likeness (QED) is 0.618. The van der Waals surface area contributed by atoms with E-state index in [0.717, 1.165) is 45.1 Å². The van der Waals surface area contributed by atoms with Crippen LogP contribution < -0.4 is 10.1 Å². The van der Waals surface area contributed by atoms with E-state index in [9.17, 15) is 4.79 Å². The van der Waals surface area contributed by atoms with Gasteiger partial charge in [0.2, 0.25) is 11.0 Å². The summed E-state index contributed by atoms with van der Waals surface area (Å²) in [7, 11) is 1.65. The molecule has 0 fully saturated rings. The number of pyridine rings is 1. The van der Waals surface area contributed by atoms with Crippen LogP contribution in [0.4, 0.5) is 5.13 Å². The van der Waals surface area contributed by atoms with E-state index in [0.29, 0.717) is 5.13 Å². The van der Waals surface area contributed by atoms with Crippen LogP contribution in [0, 0.1) is 0 Å². The highest BCUT2D eigenvalue weighted by molar-refractivity contribution is 8.00. The Labute approximate surface area is 160 Å². The van der Waals surface area contributed by atoms with E-state index in [4.69, 9.17) is 9.72 Å². The third-order valence-corrected chi connectivity index (χ3v) is 5.81. The van der Waals surface area contributed by atoms with Crippen molar-refractivity contribution < 1.29 is 9.53 Å². The fourth-order valence-corrected chi connectivity index (χ4v) is 4.01. The first-order valence-corrected chi connectivity index (χ1v) is 10.2. The number of rotatable bonds is 7. The molecule has 0 spiro atoms. The van der Waals surface area contributed by atoms with Gasteiger partial charge in [0.05, 0.1) is 18.4 Å². The van der Waals surface area contributed by atoms with Gasteiger partial charge in [-0.1, -0.05) is 36.9 Å². The van der Waals surface area contributed by atoms with Crippen molar-refractivity contribution >= 4 is 45.0 Å². The number of thioether (sulfide) groups is 1. The second kappa shape index (κ2) is 8.46. The van der Waals surface area contributed by atoms with E-state index >= 15 is 0 Å². The molecule has 0 radical (unpaired) electrons. The minimum Gasteiger partial charge on any atom is -0.497 e. The number of amides is 1. The maximum Gasteiger partial charge on any atom is 0.236 e. The molecular formula is C18H20N4O2S2. The van der Waals surface area contributed by atoms with Crippen LogP contribution in [-0.4, -0.2) is 34.0 Å². The zero-order valence-electron chi connectivity index (χ0n) is 14.9. The summed E-state index contributed by atoms with van der Waals surface area (Å²) >= 11 is 2.84. The molecule has 0 unspecified atom stereocenters. The highest BCUT2D eigenvalue weighted by Crippen LogP contribution is 2.28. The standard InChI is InChI=1S/C18H20N4O2S2/c1-4-11-8-12-9-13(24-3)6-7-14(12)19-17(11)25-10-15(23)20-18-22-21-16(5-2)26-18/h6-9H,4-5,10H2,1-3H3,(H,20,22,23). The summed E-state index contributed by atoms with van der Waals surface area (Å²) in [6.07, 6.45) is 1.66. The number of carbonyl (C=O) groups is 1. The molecule has 0 bridgehead atoms. The monoisotopic (exact) mass is 388 g/mol. The van der Waals surface area contributed by atoms with Gasteiger partial charge in [-0.2, -0.15) is 0 Å². The molecule has 0 atom stereocenters. The number of hydrogen-bond donors (Lipinski definition) is 1. The smallest absolute Gasteiger partial charge is 0.236 e. The molecule has 1 amide bonds. The van der Waals surface area contributed by atoms with Crippen molar-refractivity contribution in [3.8, 4) is 5.75 Å². The third kappa shape index (κ3) is 4.31. The van der Waals surface area contributed by atoms with Crippen LogP contribution in [-0.2, 0) is 17.6 Å². The summed E-state index contributed by atoms with van der Waals surface area (Å²) in [5.41, 5.74) is 2.01. The van der Waals surface area contributed by atoms with E-state index in [1.165, 1.54) is 23.1 Å². The van der Waals surface area contributed by atoms with Crippen LogP contribution in [0.3, 0.4) is 0 Å².